The molecule has 0 fully saturated rings. The van der Waals surface area contributed by atoms with E-state index in [0.29, 0.717) is 30.2 Å². The number of aryl methyl sites for hydroxylation is 1. The van der Waals surface area contributed by atoms with Crippen molar-refractivity contribution in [3.63, 3.8) is 0 Å². The van der Waals surface area contributed by atoms with Crippen LogP contribution in [-0.4, -0.2) is 26.9 Å². The Balaban J connectivity index is 1.90. The number of aromatic hydroxyl groups is 2. The molecule has 0 aliphatic carbocycles. The van der Waals surface area contributed by atoms with Gasteiger partial charge in [0.25, 0.3) is 0 Å². The van der Waals surface area contributed by atoms with Crippen LogP contribution in [0.2, 0.25) is 0 Å². The first kappa shape index (κ1) is 13.4. The lowest BCUT2D eigenvalue weighted by Crippen LogP contribution is -2.21. The van der Waals surface area contributed by atoms with Gasteiger partial charge in [-0.2, -0.15) is 4.98 Å². The van der Waals surface area contributed by atoms with Gasteiger partial charge in [-0.15, -0.1) is 0 Å². The summed E-state index contributed by atoms with van der Waals surface area (Å²) in [6.07, 6.45) is 0.616. The Morgan fingerprint density at radius 2 is 2.16 bits per heavy atom. The lowest BCUT2D eigenvalue weighted by Gasteiger charge is -2.15. The number of rotatable bonds is 5. The number of aromatic nitrogens is 2. The maximum absolute atomic E-state index is 9.73. The predicted molar refractivity (Wildman–Crippen MR) is 68.9 cm³/mol. The van der Waals surface area contributed by atoms with Crippen LogP contribution in [0.3, 0.4) is 0 Å². The van der Waals surface area contributed by atoms with E-state index in [4.69, 9.17) is 4.52 Å². The summed E-state index contributed by atoms with van der Waals surface area (Å²) in [5.74, 6) is 1.49. The minimum atomic E-state index is -0.0869. The van der Waals surface area contributed by atoms with Crippen LogP contribution in [0, 0.1) is 6.92 Å². The third-order valence-corrected chi connectivity index (χ3v) is 2.84. The monoisotopic (exact) mass is 263 g/mol. The maximum Gasteiger partial charge on any atom is 0.227 e. The lowest BCUT2D eigenvalue weighted by molar-refractivity contribution is 0.369. The Morgan fingerprint density at radius 1 is 1.37 bits per heavy atom. The van der Waals surface area contributed by atoms with Crippen molar-refractivity contribution in [3.8, 4) is 11.5 Å². The Kier molecular flexibility index (Phi) is 4.01. The van der Waals surface area contributed by atoms with E-state index in [1.165, 1.54) is 12.1 Å². The molecule has 1 atom stereocenters. The molecule has 6 heteroatoms. The van der Waals surface area contributed by atoms with Crippen LogP contribution in [0.1, 0.15) is 30.2 Å². The summed E-state index contributed by atoms with van der Waals surface area (Å²) in [6.45, 7) is 4.32. The highest BCUT2D eigenvalue weighted by molar-refractivity contribution is 5.40. The van der Waals surface area contributed by atoms with Gasteiger partial charge in [0.1, 0.15) is 11.5 Å². The molecule has 0 amide bonds. The summed E-state index contributed by atoms with van der Waals surface area (Å²) in [5, 5.41) is 26.1. The van der Waals surface area contributed by atoms with Gasteiger partial charge in [-0.05, 0) is 32.0 Å². The van der Waals surface area contributed by atoms with E-state index in [1.807, 2.05) is 6.92 Å². The molecule has 1 heterocycles. The molecule has 2 rings (SSSR count). The number of nitrogens with one attached hydrogen (secondary N) is 1. The molecule has 1 aromatic carbocycles. The van der Waals surface area contributed by atoms with Gasteiger partial charge in [0, 0.05) is 24.6 Å². The van der Waals surface area contributed by atoms with E-state index >= 15 is 0 Å². The van der Waals surface area contributed by atoms with Crippen molar-refractivity contribution in [3.05, 3.63) is 35.5 Å². The van der Waals surface area contributed by atoms with E-state index in [2.05, 4.69) is 15.5 Å². The topological polar surface area (TPSA) is 91.4 Å². The fourth-order valence-corrected chi connectivity index (χ4v) is 1.84. The van der Waals surface area contributed by atoms with Crippen molar-refractivity contribution in [2.24, 2.45) is 0 Å². The van der Waals surface area contributed by atoms with Crippen LogP contribution in [0.5, 0.6) is 11.5 Å². The summed E-state index contributed by atoms with van der Waals surface area (Å²) in [4.78, 5) is 4.10. The molecular weight excluding hydrogens is 246 g/mol. The Labute approximate surface area is 111 Å². The van der Waals surface area contributed by atoms with Crippen molar-refractivity contribution >= 4 is 0 Å². The quantitative estimate of drug-likeness (QED) is 0.711. The second-order valence-electron chi connectivity index (χ2n) is 4.40. The first-order valence-electron chi connectivity index (χ1n) is 6.10. The smallest absolute Gasteiger partial charge is 0.227 e. The van der Waals surface area contributed by atoms with E-state index in [-0.39, 0.29) is 17.5 Å². The van der Waals surface area contributed by atoms with Crippen molar-refractivity contribution in [2.45, 2.75) is 26.3 Å². The Hall–Kier alpha value is -2.08. The average molecular weight is 263 g/mol. The lowest BCUT2D eigenvalue weighted by atomic mass is 10.1. The molecule has 6 nitrogen and oxygen atoms in total. The highest BCUT2D eigenvalue weighted by Gasteiger charge is 2.11. The summed E-state index contributed by atoms with van der Waals surface area (Å²) >= 11 is 0. The van der Waals surface area contributed by atoms with Gasteiger partial charge < -0.3 is 20.1 Å². The molecule has 102 valence electrons. The molecule has 0 saturated heterocycles. The van der Waals surface area contributed by atoms with Gasteiger partial charge in [0.15, 0.2) is 5.82 Å². The maximum atomic E-state index is 9.73. The minimum absolute atomic E-state index is 0.0869. The van der Waals surface area contributed by atoms with E-state index in [1.54, 1.807) is 13.0 Å². The predicted octanol–water partition coefficient (Wildman–Crippen LogP) is 1.68. The number of benzene rings is 1. The van der Waals surface area contributed by atoms with E-state index in [0.717, 1.165) is 0 Å². The zero-order chi connectivity index (χ0) is 13.8. The largest absolute Gasteiger partial charge is 0.508 e. The molecule has 0 radical (unpaired) electrons. The van der Waals surface area contributed by atoms with Crippen molar-refractivity contribution in [1.82, 2.24) is 15.5 Å². The molecule has 3 N–H and O–H groups in total. The van der Waals surface area contributed by atoms with Crippen LogP contribution in [0.15, 0.2) is 22.7 Å². The molecule has 0 aliphatic heterocycles. The second kappa shape index (κ2) is 5.71. The van der Waals surface area contributed by atoms with E-state index in [9.17, 15) is 10.2 Å². The van der Waals surface area contributed by atoms with Crippen LogP contribution in [0.25, 0.3) is 0 Å². The SMILES string of the molecule is Cc1noc(CCNC(C)c2cc(O)ccc2O)n1. The summed E-state index contributed by atoms with van der Waals surface area (Å²) in [6, 6.07) is 4.39. The highest BCUT2D eigenvalue weighted by atomic mass is 16.5. The summed E-state index contributed by atoms with van der Waals surface area (Å²) in [5.41, 5.74) is 0.654. The second-order valence-corrected chi connectivity index (χ2v) is 4.40. The standard InChI is InChI=1S/C13H17N3O3/c1-8(11-7-10(17)3-4-12(11)18)14-6-5-13-15-9(2)16-19-13/h3-4,7-8,14,17-18H,5-6H2,1-2H3. The molecule has 1 aromatic heterocycles. The number of phenols is 2. The van der Waals surface area contributed by atoms with Gasteiger partial charge in [-0.3, -0.25) is 0 Å². The molecule has 2 aromatic rings. The molecule has 0 aliphatic rings. The van der Waals surface area contributed by atoms with Crippen molar-refractivity contribution in [1.29, 1.82) is 0 Å². The van der Waals surface area contributed by atoms with Crippen LogP contribution in [-0.2, 0) is 6.42 Å². The van der Waals surface area contributed by atoms with Gasteiger partial charge in [0.2, 0.25) is 5.89 Å². The first-order chi connectivity index (χ1) is 9.06. The third kappa shape index (κ3) is 3.45. The molecule has 0 bridgehead atoms. The fraction of sp³-hybridized carbons (Fsp3) is 0.385. The van der Waals surface area contributed by atoms with Gasteiger partial charge in [-0.25, -0.2) is 0 Å². The van der Waals surface area contributed by atoms with Gasteiger partial charge in [-0.1, -0.05) is 5.16 Å². The molecule has 0 saturated carbocycles. The first-order valence-corrected chi connectivity index (χ1v) is 6.10. The van der Waals surface area contributed by atoms with Crippen LogP contribution in [0.4, 0.5) is 0 Å². The normalized spacial score (nSPS) is 12.5. The van der Waals surface area contributed by atoms with Crippen LogP contribution < -0.4 is 5.32 Å². The summed E-state index contributed by atoms with van der Waals surface area (Å²) in [7, 11) is 0. The van der Waals surface area contributed by atoms with Crippen LogP contribution >= 0.6 is 0 Å². The number of nitrogens with zero attached hydrogens (tertiary/aromatic N) is 2. The number of hydrogen-bond donors (Lipinski definition) is 3. The van der Waals surface area contributed by atoms with E-state index < -0.39 is 0 Å². The minimum Gasteiger partial charge on any atom is -0.508 e. The molecule has 19 heavy (non-hydrogen) atoms. The average Bonchev–Trinajstić information content (AvgIpc) is 2.78. The number of hydrogen-bond acceptors (Lipinski definition) is 6. The Morgan fingerprint density at radius 3 is 2.84 bits per heavy atom. The number of phenolic OH excluding ortho intramolecular Hbond substituents is 2. The van der Waals surface area contributed by atoms with Crippen molar-refractivity contribution in [2.75, 3.05) is 6.54 Å². The molecule has 1 unspecified atom stereocenters. The van der Waals surface area contributed by atoms with Crippen molar-refractivity contribution < 1.29 is 14.7 Å². The van der Waals surface area contributed by atoms with Gasteiger partial charge in [0.05, 0.1) is 0 Å². The zero-order valence-corrected chi connectivity index (χ0v) is 10.9. The third-order valence-electron chi connectivity index (χ3n) is 2.84. The van der Waals surface area contributed by atoms with Gasteiger partial charge >= 0.3 is 0 Å². The zero-order valence-electron chi connectivity index (χ0n) is 10.9. The summed E-state index contributed by atoms with van der Waals surface area (Å²) < 4.78 is 5.00. The molecular formula is C13H17N3O3. The molecule has 0 spiro atoms. The Bertz CT molecular complexity index is 554. The fourth-order valence-electron chi connectivity index (χ4n) is 1.84. The highest BCUT2D eigenvalue weighted by Crippen LogP contribution is 2.27.